The highest BCUT2D eigenvalue weighted by Crippen LogP contribution is 2.30. The predicted molar refractivity (Wildman–Crippen MR) is 76.8 cm³/mol. The molecule has 1 aliphatic carbocycles. The molecule has 3 rings (SSSR count). The normalized spacial score (nSPS) is 19.4. The van der Waals surface area contributed by atoms with Gasteiger partial charge in [-0.15, -0.1) is 0 Å². The van der Waals surface area contributed by atoms with Gasteiger partial charge in [-0.25, -0.2) is 8.42 Å². The molecule has 1 aromatic carbocycles. The summed E-state index contributed by atoms with van der Waals surface area (Å²) in [5.74, 6) is 0. The molecule has 6 heteroatoms. The smallest absolute Gasteiger partial charge is 0.229 e. The Balaban J connectivity index is 2.09. The van der Waals surface area contributed by atoms with Crippen LogP contribution in [0.1, 0.15) is 17.7 Å². The highest BCUT2D eigenvalue weighted by molar-refractivity contribution is 7.92. The summed E-state index contributed by atoms with van der Waals surface area (Å²) in [5.41, 5.74) is 10.1. The lowest BCUT2D eigenvalue weighted by atomic mass is 9.92. The highest BCUT2D eigenvalue weighted by atomic mass is 32.2. The predicted octanol–water partition coefficient (Wildman–Crippen LogP) is 1.36. The molecule has 1 aliphatic rings. The standard InChI is InChI=1S/C13H17N3O2S/c1-19(17,18)16-9-3-5-13-11(7-9)10-6-8(14)2-4-12(10)15-13/h3,5,7-8,15-16H,2,4,6,14H2,1H3. The topological polar surface area (TPSA) is 88.0 Å². The van der Waals surface area contributed by atoms with Gasteiger partial charge in [0.05, 0.1) is 6.26 Å². The van der Waals surface area contributed by atoms with E-state index in [2.05, 4.69) is 9.71 Å². The average molecular weight is 279 g/mol. The van der Waals surface area contributed by atoms with Crippen LogP contribution >= 0.6 is 0 Å². The molecule has 1 heterocycles. The summed E-state index contributed by atoms with van der Waals surface area (Å²) in [7, 11) is -3.25. The number of hydrogen-bond donors (Lipinski definition) is 3. The van der Waals surface area contributed by atoms with Gasteiger partial charge in [0.2, 0.25) is 10.0 Å². The first-order valence-corrected chi connectivity index (χ1v) is 8.18. The van der Waals surface area contributed by atoms with Crippen LogP contribution in [0.15, 0.2) is 18.2 Å². The zero-order valence-corrected chi connectivity index (χ0v) is 11.5. The molecule has 19 heavy (non-hydrogen) atoms. The molecule has 0 fully saturated rings. The zero-order valence-electron chi connectivity index (χ0n) is 10.7. The maximum absolute atomic E-state index is 11.3. The Morgan fingerprint density at radius 1 is 1.42 bits per heavy atom. The van der Waals surface area contributed by atoms with E-state index in [1.165, 1.54) is 11.3 Å². The molecule has 5 nitrogen and oxygen atoms in total. The summed E-state index contributed by atoms with van der Waals surface area (Å²) in [6, 6.07) is 5.75. The monoisotopic (exact) mass is 279 g/mol. The van der Waals surface area contributed by atoms with Gasteiger partial charge in [0, 0.05) is 28.3 Å². The van der Waals surface area contributed by atoms with Crippen molar-refractivity contribution in [2.45, 2.75) is 25.3 Å². The summed E-state index contributed by atoms with van der Waals surface area (Å²) >= 11 is 0. The van der Waals surface area contributed by atoms with E-state index >= 15 is 0 Å². The van der Waals surface area contributed by atoms with Gasteiger partial charge in [0.15, 0.2) is 0 Å². The lowest BCUT2D eigenvalue weighted by Crippen LogP contribution is -2.27. The van der Waals surface area contributed by atoms with Crippen molar-refractivity contribution in [3.8, 4) is 0 Å². The van der Waals surface area contributed by atoms with Gasteiger partial charge >= 0.3 is 0 Å². The lowest BCUT2D eigenvalue weighted by molar-refractivity contribution is 0.574. The molecule has 0 amide bonds. The Kier molecular flexibility index (Phi) is 2.79. The first-order valence-electron chi connectivity index (χ1n) is 6.29. The van der Waals surface area contributed by atoms with Gasteiger partial charge < -0.3 is 10.7 Å². The van der Waals surface area contributed by atoms with Gasteiger partial charge in [-0.1, -0.05) is 0 Å². The summed E-state index contributed by atoms with van der Waals surface area (Å²) < 4.78 is 25.1. The van der Waals surface area contributed by atoms with Crippen LogP contribution in [0.25, 0.3) is 10.9 Å². The van der Waals surface area contributed by atoms with E-state index in [0.717, 1.165) is 36.4 Å². The number of H-pyrrole nitrogens is 1. The molecule has 1 aromatic heterocycles. The molecular weight excluding hydrogens is 262 g/mol. The molecule has 102 valence electrons. The van der Waals surface area contributed by atoms with Gasteiger partial charge in [0.1, 0.15) is 0 Å². The fraction of sp³-hybridized carbons (Fsp3) is 0.385. The number of benzene rings is 1. The molecule has 0 saturated heterocycles. The molecule has 1 unspecified atom stereocenters. The number of nitrogens with two attached hydrogens (primary N) is 1. The molecule has 1 atom stereocenters. The number of hydrogen-bond acceptors (Lipinski definition) is 3. The third kappa shape index (κ3) is 2.46. The number of fused-ring (bicyclic) bond motifs is 3. The minimum atomic E-state index is -3.25. The molecule has 4 N–H and O–H groups in total. The minimum Gasteiger partial charge on any atom is -0.358 e. The van der Waals surface area contributed by atoms with Crippen LogP contribution in [0.3, 0.4) is 0 Å². The van der Waals surface area contributed by atoms with Crippen LogP contribution in [-0.2, 0) is 22.9 Å². The van der Waals surface area contributed by atoms with Gasteiger partial charge in [-0.3, -0.25) is 4.72 Å². The Labute approximate surface area is 112 Å². The molecule has 0 bridgehead atoms. The van der Waals surface area contributed by atoms with Crippen molar-refractivity contribution in [2.24, 2.45) is 5.73 Å². The molecule has 0 radical (unpaired) electrons. The van der Waals surface area contributed by atoms with Crippen molar-refractivity contribution in [3.05, 3.63) is 29.5 Å². The number of aryl methyl sites for hydroxylation is 1. The van der Waals surface area contributed by atoms with Gasteiger partial charge in [-0.2, -0.15) is 0 Å². The van der Waals surface area contributed by atoms with E-state index in [4.69, 9.17) is 5.73 Å². The SMILES string of the molecule is CS(=O)(=O)Nc1ccc2[nH]c3c(c2c1)CC(N)CC3. The molecule has 0 spiro atoms. The van der Waals surface area contributed by atoms with E-state index in [1.54, 1.807) is 6.07 Å². The van der Waals surface area contributed by atoms with Crippen LogP contribution in [0, 0.1) is 0 Å². The minimum absolute atomic E-state index is 0.193. The number of aromatic amines is 1. The maximum atomic E-state index is 11.3. The van der Waals surface area contributed by atoms with Gasteiger partial charge in [0.25, 0.3) is 0 Å². The Hall–Kier alpha value is -1.53. The van der Waals surface area contributed by atoms with E-state index in [9.17, 15) is 8.42 Å². The van der Waals surface area contributed by atoms with Crippen LogP contribution < -0.4 is 10.5 Å². The Bertz CT molecular complexity index is 734. The van der Waals surface area contributed by atoms with Crippen LogP contribution in [0.5, 0.6) is 0 Å². The van der Waals surface area contributed by atoms with E-state index < -0.39 is 10.0 Å². The third-order valence-electron chi connectivity index (χ3n) is 3.53. The molecule has 0 aliphatic heterocycles. The van der Waals surface area contributed by atoms with Crippen molar-refractivity contribution < 1.29 is 8.42 Å². The first kappa shape index (κ1) is 12.5. The zero-order chi connectivity index (χ0) is 13.6. The first-order chi connectivity index (χ1) is 8.92. The van der Waals surface area contributed by atoms with Gasteiger partial charge in [-0.05, 0) is 43.0 Å². The van der Waals surface area contributed by atoms with Crippen LogP contribution in [0.2, 0.25) is 0 Å². The second-order valence-electron chi connectivity index (χ2n) is 5.22. The number of nitrogens with one attached hydrogen (secondary N) is 2. The third-order valence-corrected chi connectivity index (χ3v) is 4.14. The van der Waals surface area contributed by atoms with E-state index in [1.807, 2.05) is 12.1 Å². The second-order valence-corrected chi connectivity index (χ2v) is 6.97. The number of rotatable bonds is 2. The van der Waals surface area contributed by atoms with E-state index in [0.29, 0.717) is 5.69 Å². The second kappa shape index (κ2) is 4.25. The summed E-state index contributed by atoms with van der Waals surface area (Å²) in [6.07, 6.45) is 3.95. The Morgan fingerprint density at radius 2 is 2.21 bits per heavy atom. The summed E-state index contributed by atoms with van der Waals surface area (Å²) in [5, 5.41) is 1.07. The maximum Gasteiger partial charge on any atom is 0.229 e. The average Bonchev–Trinajstić information content (AvgIpc) is 2.65. The van der Waals surface area contributed by atoms with Crippen molar-refractivity contribution >= 4 is 26.6 Å². The molecule has 2 aromatic rings. The number of anilines is 1. The van der Waals surface area contributed by atoms with Crippen molar-refractivity contribution in [3.63, 3.8) is 0 Å². The fourth-order valence-electron chi connectivity index (χ4n) is 2.72. The number of aromatic nitrogens is 1. The van der Waals surface area contributed by atoms with Crippen molar-refractivity contribution in [1.82, 2.24) is 4.98 Å². The van der Waals surface area contributed by atoms with Crippen molar-refractivity contribution in [2.75, 3.05) is 11.0 Å². The molecular formula is C13H17N3O2S. The quantitative estimate of drug-likeness (QED) is 0.775. The highest BCUT2D eigenvalue weighted by Gasteiger charge is 2.20. The van der Waals surface area contributed by atoms with E-state index in [-0.39, 0.29) is 6.04 Å². The summed E-state index contributed by atoms with van der Waals surface area (Å²) in [6.45, 7) is 0. The lowest BCUT2D eigenvalue weighted by Gasteiger charge is -2.18. The van der Waals surface area contributed by atoms with Crippen LogP contribution in [0.4, 0.5) is 5.69 Å². The molecule has 0 saturated carbocycles. The van der Waals surface area contributed by atoms with Crippen molar-refractivity contribution in [1.29, 1.82) is 0 Å². The largest absolute Gasteiger partial charge is 0.358 e. The fourth-order valence-corrected chi connectivity index (χ4v) is 3.28. The van der Waals surface area contributed by atoms with Crippen LogP contribution in [-0.4, -0.2) is 25.7 Å². The number of sulfonamides is 1. The summed E-state index contributed by atoms with van der Waals surface area (Å²) in [4.78, 5) is 3.39. The Morgan fingerprint density at radius 3 is 2.95 bits per heavy atom.